The molecule has 2 heterocycles. The highest BCUT2D eigenvalue weighted by Gasteiger charge is 2.31. The Kier molecular flexibility index (Phi) is 4.66. The summed E-state index contributed by atoms with van der Waals surface area (Å²) in [5, 5.41) is 4.31. The Morgan fingerprint density at radius 2 is 2.08 bits per heavy atom. The number of halogens is 1. The minimum atomic E-state index is -0.298. The van der Waals surface area contributed by atoms with Gasteiger partial charge in [-0.05, 0) is 49.9 Å². The first kappa shape index (κ1) is 16.6. The first-order valence-corrected chi connectivity index (χ1v) is 8.33. The van der Waals surface area contributed by atoms with Crippen LogP contribution in [0, 0.1) is 18.7 Å². The summed E-state index contributed by atoms with van der Waals surface area (Å²) in [7, 11) is 0. The molecule has 2 unspecified atom stereocenters. The SMILES string of the molecule is Cc1c(C(=O)N2CCC(C)CC2CN)cnn1-c1ccc(F)cc1. The van der Waals surface area contributed by atoms with Crippen molar-refractivity contribution in [1.82, 2.24) is 14.7 Å². The Labute approximate surface area is 141 Å². The third-order valence-electron chi connectivity index (χ3n) is 4.82. The maximum atomic E-state index is 13.1. The summed E-state index contributed by atoms with van der Waals surface area (Å²) in [4.78, 5) is 14.8. The number of carbonyl (C=O) groups is 1. The minimum Gasteiger partial charge on any atom is -0.334 e. The highest BCUT2D eigenvalue weighted by Crippen LogP contribution is 2.25. The van der Waals surface area contributed by atoms with Gasteiger partial charge in [0.1, 0.15) is 5.82 Å². The van der Waals surface area contributed by atoms with Gasteiger partial charge in [-0.2, -0.15) is 5.10 Å². The van der Waals surface area contributed by atoms with Crippen LogP contribution >= 0.6 is 0 Å². The fourth-order valence-corrected chi connectivity index (χ4v) is 3.36. The molecule has 2 atom stereocenters. The molecule has 0 aliphatic carbocycles. The Morgan fingerprint density at radius 3 is 2.75 bits per heavy atom. The third kappa shape index (κ3) is 3.06. The summed E-state index contributed by atoms with van der Waals surface area (Å²) >= 11 is 0. The summed E-state index contributed by atoms with van der Waals surface area (Å²) in [5.41, 5.74) is 7.93. The zero-order valence-corrected chi connectivity index (χ0v) is 14.1. The van der Waals surface area contributed by atoms with Crippen molar-refractivity contribution in [2.75, 3.05) is 13.1 Å². The van der Waals surface area contributed by atoms with Crippen LogP contribution in [-0.2, 0) is 0 Å². The van der Waals surface area contributed by atoms with Crippen molar-refractivity contribution in [3.8, 4) is 5.69 Å². The number of hydrogen-bond acceptors (Lipinski definition) is 3. The van der Waals surface area contributed by atoms with Gasteiger partial charge in [-0.3, -0.25) is 4.79 Å². The van der Waals surface area contributed by atoms with Gasteiger partial charge >= 0.3 is 0 Å². The predicted octanol–water partition coefficient (Wildman–Crippen LogP) is 2.52. The van der Waals surface area contributed by atoms with Crippen LogP contribution in [0.25, 0.3) is 5.69 Å². The lowest BCUT2D eigenvalue weighted by molar-refractivity contribution is 0.0573. The van der Waals surface area contributed by atoms with Gasteiger partial charge in [-0.25, -0.2) is 9.07 Å². The van der Waals surface area contributed by atoms with Gasteiger partial charge in [0.25, 0.3) is 5.91 Å². The van der Waals surface area contributed by atoms with Crippen molar-refractivity contribution in [3.05, 3.63) is 47.5 Å². The average molecular weight is 330 g/mol. The molecule has 2 N–H and O–H groups in total. The predicted molar refractivity (Wildman–Crippen MR) is 90.5 cm³/mol. The highest BCUT2D eigenvalue weighted by atomic mass is 19.1. The zero-order valence-electron chi connectivity index (χ0n) is 14.1. The fourth-order valence-electron chi connectivity index (χ4n) is 3.36. The number of aromatic nitrogens is 2. The second-order valence-electron chi connectivity index (χ2n) is 6.55. The van der Waals surface area contributed by atoms with E-state index >= 15 is 0 Å². The van der Waals surface area contributed by atoms with Crippen LogP contribution in [0.1, 0.15) is 35.8 Å². The Balaban J connectivity index is 1.87. The van der Waals surface area contributed by atoms with Crippen molar-refractivity contribution in [2.24, 2.45) is 11.7 Å². The first-order chi connectivity index (χ1) is 11.5. The van der Waals surface area contributed by atoms with Crippen LogP contribution in [0.3, 0.4) is 0 Å². The number of hydrogen-bond donors (Lipinski definition) is 1. The normalized spacial score (nSPS) is 21.1. The molecule has 3 rings (SSSR count). The third-order valence-corrected chi connectivity index (χ3v) is 4.82. The maximum Gasteiger partial charge on any atom is 0.257 e. The van der Waals surface area contributed by atoms with Crippen molar-refractivity contribution >= 4 is 5.91 Å². The smallest absolute Gasteiger partial charge is 0.257 e. The van der Waals surface area contributed by atoms with Crippen molar-refractivity contribution in [3.63, 3.8) is 0 Å². The molecule has 1 amide bonds. The van der Waals surface area contributed by atoms with E-state index in [4.69, 9.17) is 5.73 Å². The lowest BCUT2D eigenvalue weighted by Gasteiger charge is -2.38. The first-order valence-electron chi connectivity index (χ1n) is 8.33. The number of piperidine rings is 1. The molecule has 1 aliphatic heterocycles. The number of nitrogens with zero attached hydrogens (tertiary/aromatic N) is 3. The number of carbonyl (C=O) groups excluding carboxylic acids is 1. The summed E-state index contributed by atoms with van der Waals surface area (Å²) < 4.78 is 14.8. The lowest BCUT2D eigenvalue weighted by atomic mass is 9.92. The van der Waals surface area contributed by atoms with E-state index in [0.29, 0.717) is 18.0 Å². The van der Waals surface area contributed by atoms with E-state index in [2.05, 4.69) is 12.0 Å². The molecule has 5 nitrogen and oxygen atoms in total. The summed E-state index contributed by atoms with van der Waals surface area (Å²) in [6.07, 6.45) is 3.52. The number of nitrogens with two attached hydrogens (primary N) is 1. The molecular weight excluding hydrogens is 307 g/mol. The summed E-state index contributed by atoms with van der Waals surface area (Å²) in [6.45, 7) is 5.25. The molecule has 1 aliphatic rings. The van der Waals surface area contributed by atoms with Crippen LogP contribution in [-0.4, -0.2) is 39.7 Å². The molecule has 1 fully saturated rings. The van der Waals surface area contributed by atoms with Crippen LogP contribution in [0.5, 0.6) is 0 Å². The molecule has 24 heavy (non-hydrogen) atoms. The summed E-state index contributed by atoms with van der Waals surface area (Å²) in [5.74, 6) is 0.266. The van der Waals surface area contributed by atoms with Gasteiger partial charge in [0.2, 0.25) is 0 Å². The van der Waals surface area contributed by atoms with E-state index in [1.54, 1.807) is 23.0 Å². The average Bonchev–Trinajstić information content (AvgIpc) is 2.96. The van der Waals surface area contributed by atoms with Crippen LogP contribution in [0.2, 0.25) is 0 Å². The standard InChI is InChI=1S/C18H23FN4O/c1-12-7-8-22(16(9-12)10-20)18(24)17-11-21-23(13(17)2)15-5-3-14(19)4-6-15/h3-6,11-12,16H,7-10,20H2,1-2H3. The van der Waals surface area contributed by atoms with Gasteiger partial charge in [-0.1, -0.05) is 6.92 Å². The van der Waals surface area contributed by atoms with Gasteiger partial charge in [-0.15, -0.1) is 0 Å². The molecular formula is C18H23FN4O. The van der Waals surface area contributed by atoms with Crippen molar-refractivity contribution < 1.29 is 9.18 Å². The van der Waals surface area contributed by atoms with E-state index in [1.807, 2.05) is 11.8 Å². The number of rotatable bonds is 3. The zero-order chi connectivity index (χ0) is 17.3. The van der Waals surface area contributed by atoms with Crippen molar-refractivity contribution in [2.45, 2.75) is 32.7 Å². The van der Waals surface area contributed by atoms with Crippen LogP contribution in [0.15, 0.2) is 30.5 Å². The van der Waals surface area contributed by atoms with Crippen molar-refractivity contribution in [1.29, 1.82) is 0 Å². The molecule has 6 heteroatoms. The Morgan fingerprint density at radius 1 is 1.38 bits per heavy atom. The molecule has 0 bridgehead atoms. The maximum absolute atomic E-state index is 13.1. The Bertz CT molecular complexity index is 725. The molecule has 1 aromatic heterocycles. The van der Waals surface area contributed by atoms with E-state index in [-0.39, 0.29) is 17.8 Å². The van der Waals surface area contributed by atoms with Gasteiger partial charge in [0.15, 0.2) is 0 Å². The van der Waals surface area contributed by atoms with Gasteiger partial charge < -0.3 is 10.6 Å². The molecule has 0 saturated carbocycles. The van der Waals surface area contributed by atoms with Crippen LogP contribution < -0.4 is 5.73 Å². The lowest BCUT2D eigenvalue weighted by Crippen LogP contribution is -2.49. The van der Waals surface area contributed by atoms with E-state index in [9.17, 15) is 9.18 Å². The Hall–Kier alpha value is -2.21. The fraction of sp³-hybridized carbons (Fsp3) is 0.444. The molecule has 1 aromatic carbocycles. The monoisotopic (exact) mass is 330 g/mol. The second kappa shape index (κ2) is 6.73. The van der Waals surface area contributed by atoms with E-state index in [0.717, 1.165) is 30.8 Å². The molecule has 0 spiro atoms. The molecule has 128 valence electrons. The largest absolute Gasteiger partial charge is 0.334 e. The molecule has 1 saturated heterocycles. The minimum absolute atomic E-state index is 0.0248. The van der Waals surface area contributed by atoms with E-state index < -0.39 is 0 Å². The quantitative estimate of drug-likeness (QED) is 0.940. The molecule has 2 aromatic rings. The second-order valence-corrected chi connectivity index (χ2v) is 6.55. The number of benzene rings is 1. The van der Waals surface area contributed by atoms with E-state index in [1.165, 1.54) is 12.1 Å². The topological polar surface area (TPSA) is 64.2 Å². The van der Waals surface area contributed by atoms with Crippen LogP contribution in [0.4, 0.5) is 4.39 Å². The van der Waals surface area contributed by atoms with Gasteiger partial charge in [0.05, 0.1) is 23.1 Å². The molecule has 0 radical (unpaired) electrons. The highest BCUT2D eigenvalue weighted by molar-refractivity contribution is 5.95. The number of amides is 1. The summed E-state index contributed by atoms with van der Waals surface area (Å²) in [6, 6.07) is 6.14. The van der Waals surface area contributed by atoms with Gasteiger partial charge in [0, 0.05) is 19.1 Å². The number of likely N-dealkylation sites (tertiary alicyclic amines) is 1.